The second-order valence-electron chi connectivity index (χ2n) is 2.39. The van der Waals surface area contributed by atoms with Gasteiger partial charge in [-0.1, -0.05) is 0 Å². The van der Waals surface area contributed by atoms with E-state index in [0.29, 0.717) is 18.2 Å². The molecule has 1 aromatic heterocycles. The van der Waals surface area contributed by atoms with Crippen molar-refractivity contribution in [3.05, 3.63) is 11.1 Å². The van der Waals surface area contributed by atoms with Crippen molar-refractivity contribution in [3.8, 4) is 0 Å². The maximum absolute atomic E-state index is 10.9. The molecule has 0 aliphatic carbocycles. The first-order chi connectivity index (χ1) is 6.22. The van der Waals surface area contributed by atoms with E-state index in [1.165, 1.54) is 11.3 Å². The number of nitrogens with one attached hydrogen (secondary N) is 2. The molecule has 6 heteroatoms. The van der Waals surface area contributed by atoms with E-state index in [2.05, 4.69) is 15.6 Å². The van der Waals surface area contributed by atoms with Crippen molar-refractivity contribution >= 4 is 22.5 Å². The summed E-state index contributed by atoms with van der Waals surface area (Å²) in [6.07, 6.45) is 0. The summed E-state index contributed by atoms with van der Waals surface area (Å²) in [5.41, 5.74) is 6.21. The van der Waals surface area contributed by atoms with Gasteiger partial charge < -0.3 is 16.4 Å². The second-order valence-corrected chi connectivity index (χ2v) is 3.28. The van der Waals surface area contributed by atoms with Gasteiger partial charge in [0.05, 0.1) is 12.2 Å². The van der Waals surface area contributed by atoms with E-state index < -0.39 is 0 Å². The van der Waals surface area contributed by atoms with Gasteiger partial charge in [0.15, 0.2) is 5.13 Å². The average molecular weight is 200 g/mol. The Labute approximate surface area is 80.4 Å². The maximum atomic E-state index is 10.9. The summed E-state index contributed by atoms with van der Waals surface area (Å²) in [6.45, 7) is 2.89. The van der Waals surface area contributed by atoms with Crippen LogP contribution in [0.25, 0.3) is 0 Å². The number of anilines is 1. The molecule has 5 nitrogen and oxygen atoms in total. The fraction of sp³-hybridized carbons (Fsp3) is 0.429. The molecule has 0 aliphatic rings. The first-order valence-electron chi connectivity index (χ1n) is 3.94. The molecule has 0 aliphatic heterocycles. The minimum absolute atomic E-state index is 0.186. The van der Waals surface area contributed by atoms with Crippen molar-refractivity contribution in [2.45, 2.75) is 13.5 Å². The fourth-order valence-electron chi connectivity index (χ4n) is 0.798. The molecule has 0 saturated heterocycles. The lowest BCUT2D eigenvalue weighted by Crippen LogP contribution is -2.34. The number of carbonyl (C=O) groups is 1. The first kappa shape index (κ1) is 9.79. The van der Waals surface area contributed by atoms with E-state index >= 15 is 0 Å². The van der Waals surface area contributed by atoms with E-state index in [0.717, 1.165) is 5.69 Å². The predicted molar refractivity (Wildman–Crippen MR) is 52.4 cm³/mol. The van der Waals surface area contributed by atoms with Crippen LogP contribution in [0.15, 0.2) is 5.38 Å². The molecule has 0 atom stereocenters. The van der Waals surface area contributed by atoms with Crippen molar-refractivity contribution in [2.75, 3.05) is 12.3 Å². The zero-order valence-electron chi connectivity index (χ0n) is 7.33. The van der Waals surface area contributed by atoms with Crippen LogP contribution in [0.1, 0.15) is 12.6 Å². The van der Waals surface area contributed by atoms with Gasteiger partial charge in [0.25, 0.3) is 0 Å². The van der Waals surface area contributed by atoms with Crippen molar-refractivity contribution < 1.29 is 4.79 Å². The average Bonchev–Trinajstić information content (AvgIpc) is 2.49. The number of carbonyl (C=O) groups excluding carboxylic acids is 1. The highest BCUT2D eigenvalue weighted by Gasteiger charge is 2.00. The molecule has 1 aromatic rings. The number of nitrogens with two attached hydrogens (primary N) is 1. The lowest BCUT2D eigenvalue weighted by Gasteiger charge is -2.02. The van der Waals surface area contributed by atoms with Crippen LogP contribution in [0.4, 0.5) is 9.93 Å². The number of hydrogen-bond donors (Lipinski definition) is 3. The molecule has 0 unspecified atom stereocenters. The zero-order chi connectivity index (χ0) is 9.68. The molecular weight excluding hydrogens is 188 g/mol. The van der Waals surface area contributed by atoms with Crippen LogP contribution < -0.4 is 16.4 Å². The summed E-state index contributed by atoms with van der Waals surface area (Å²) >= 11 is 1.36. The molecule has 4 N–H and O–H groups in total. The SMILES string of the molecule is CCNC(=O)NCc1csc(N)n1. The summed E-state index contributed by atoms with van der Waals surface area (Å²) in [4.78, 5) is 14.9. The van der Waals surface area contributed by atoms with Gasteiger partial charge in [0, 0.05) is 11.9 Å². The Balaban J connectivity index is 2.30. The Hall–Kier alpha value is -1.30. The molecular formula is C7H12N4OS. The summed E-state index contributed by atoms with van der Waals surface area (Å²) in [5.74, 6) is 0. The molecule has 2 amide bonds. The Bertz CT molecular complexity index is 286. The lowest BCUT2D eigenvalue weighted by atomic mass is 10.5. The smallest absolute Gasteiger partial charge is 0.315 e. The summed E-state index contributed by atoms with van der Waals surface area (Å²) in [6, 6.07) is -0.186. The predicted octanol–water partition coefficient (Wildman–Crippen LogP) is 0.544. The van der Waals surface area contributed by atoms with Gasteiger partial charge in [0.1, 0.15) is 0 Å². The summed E-state index contributed by atoms with van der Waals surface area (Å²) in [5, 5.41) is 7.61. The van der Waals surface area contributed by atoms with Crippen molar-refractivity contribution in [3.63, 3.8) is 0 Å². The van der Waals surface area contributed by atoms with E-state index in [-0.39, 0.29) is 6.03 Å². The van der Waals surface area contributed by atoms with Crippen LogP contribution >= 0.6 is 11.3 Å². The highest BCUT2D eigenvalue weighted by Crippen LogP contribution is 2.10. The molecule has 0 spiro atoms. The van der Waals surface area contributed by atoms with Crippen LogP contribution in [0.5, 0.6) is 0 Å². The second kappa shape index (κ2) is 4.66. The van der Waals surface area contributed by atoms with Crippen molar-refractivity contribution in [1.82, 2.24) is 15.6 Å². The molecule has 1 rings (SSSR count). The van der Waals surface area contributed by atoms with Gasteiger partial charge in [-0.25, -0.2) is 9.78 Å². The minimum atomic E-state index is -0.186. The molecule has 72 valence electrons. The van der Waals surface area contributed by atoms with Crippen LogP contribution in [-0.2, 0) is 6.54 Å². The number of nitrogen functional groups attached to an aromatic ring is 1. The molecule has 13 heavy (non-hydrogen) atoms. The molecule has 0 bridgehead atoms. The maximum Gasteiger partial charge on any atom is 0.315 e. The van der Waals surface area contributed by atoms with Gasteiger partial charge in [-0.3, -0.25) is 0 Å². The monoisotopic (exact) mass is 200 g/mol. The van der Waals surface area contributed by atoms with Crippen molar-refractivity contribution in [1.29, 1.82) is 0 Å². The Morgan fingerprint density at radius 1 is 1.69 bits per heavy atom. The van der Waals surface area contributed by atoms with Gasteiger partial charge in [-0.15, -0.1) is 11.3 Å². The Kier molecular flexibility index (Phi) is 3.51. The zero-order valence-corrected chi connectivity index (χ0v) is 8.15. The number of aromatic nitrogens is 1. The Morgan fingerprint density at radius 2 is 2.46 bits per heavy atom. The minimum Gasteiger partial charge on any atom is -0.375 e. The van der Waals surface area contributed by atoms with E-state index in [1.54, 1.807) is 0 Å². The molecule has 1 heterocycles. The third kappa shape index (κ3) is 3.29. The Morgan fingerprint density at radius 3 is 3.00 bits per heavy atom. The van der Waals surface area contributed by atoms with Crippen LogP contribution in [0.3, 0.4) is 0 Å². The van der Waals surface area contributed by atoms with Gasteiger partial charge in [-0.05, 0) is 6.92 Å². The summed E-state index contributed by atoms with van der Waals surface area (Å²) < 4.78 is 0. The quantitative estimate of drug-likeness (QED) is 0.666. The van der Waals surface area contributed by atoms with Crippen LogP contribution in [0, 0.1) is 0 Å². The van der Waals surface area contributed by atoms with Gasteiger partial charge in [0.2, 0.25) is 0 Å². The number of nitrogens with zero attached hydrogens (tertiary/aromatic N) is 1. The lowest BCUT2D eigenvalue weighted by molar-refractivity contribution is 0.241. The topological polar surface area (TPSA) is 80.0 Å². The molecule has 0 saturated carbocycles. The molecule has 0 fully saturated rings. The van der Waals surface area contributed by atoms with E-state index in [4.69, 9.17) is 5.73 Å². The van der Waals surface area contributed by atoms with Crippen molar-refractivity contribution in [2.24, 2.45) is 0 Å². The van der Waals surface area contributed by atoms with E-state index in [9.17, 15) is 4.79 Å². The number of rotatable bonds is 3. The highest BCUT2D eigenvalue weighted by atomic mass is 32.1. The van der Waals surface area contributed by atoms with Gasteiger partial charge in [-0.2, -0.15) is 0 Å². The molecule has 0 aromatic carbocycles. The normalized spacial score (nSPS) is 9.62. The molecule has 0 radical (unpaired) electrons. The van der Waals surface area contributed by atoms with E-state index in [1.807, 2.05) is 12.3 Å². The number of urea groups is 1. The third-order valence-electron chi connectivity index (χ3n) is 1.34. The third-order valence-corrected chi connectivity index (χ3v) is 2.06. The van der Waals surface area contributed by atoms with Gasteiger partial charge >= 0.3 is 6.03 Å². The number of hydrogen-bond acceptors (Lipinski definition) is 4. The van der Waals surface area contributed by atoms with Crippen LogP contribution in [0.2, 0.25) is 0 Å². The summed E-state index contributed by atoms with van der Waals surface area (Å²) in [7, 11) is 0. The highest BCUT2D eigenvalue weighted by molar-refractivity contribution is 7.13. The fourth-order valence-corrected chi connectivity index (χ4v) is 1.36. The largest absolute Gasteiger partial charge is 0.375 e. The van der Waals surface area contributed by atoms with Crippen LogP contribution in [-0.4, -0.2) is 17.6 Å². The first-order valence-corrected chi connectivity index (χ1v) is 4.82. The standard InChI is InChI=1S/C7H12N4OS/c1-2-9-7(12)10-3-5-4-13-6(8)11-5/h4H,2-3H2,1H3,(H2,8,11)(H2,9,10,12). The number of amides is 2. The number of thiazole rings is 1.